The average molecular weight is 300 g/mol. The highest BCUT2D eigenvalue weighted by Gasteiger charge is 2.28. The lowest BCUT2D eigenvalue weighted by Gasteiger charge is -2.30. The quantitative estimate of drug-likeness (QED) is 0.932. The lowest BCUT2D eigenvalue weighted by atomic mass is 9.97. The van der Waals surface area contributed by atoms with Gasteiger partial charge in [-0.05, 0) is 25.0 Å². The van der Waals surface area contributed by atoms with Crippen LogP contribution in [0, 0.1) is 11.7 Å². The average Bonchev–Trinajstić information content (AvgIpc) is 2.43. The number of amides is 1. The van der Waals surface area contributed by atoms with Gasteiger partial charge in [0, 0.05) is 23.7 Å². The van der Waals surface area contributed by atoms with E-state index in [9.17, 15) is 14.0 Å². The molecule has 6 heteroatoms. The Hall–Kier alpha value is -1.62. The molecule has 1 heterocycles. The number of hydrogen-bond acceptors (Lipinski definition) is 2. The number of hydrogen-bond donors (Lipinski definition) is 1. The lowest BCUT2D eigenvalue weighted by molar-refractivity contribution is -0.145. The van der Waals surface area contributed by atoms with Gasteiger partial charge in [-0.3, -0.25) is 9.59 Å². The van der Waals surface area contributed by atoms with E-state index in [0.29, 0.717) is 19.4 Å². The van der Waals surface area contributed by atoms with Gasteiger partial charge in [0.05, 0.1) is 12.3 Å². The van der Waals surface area contributed by atoms with Gasteiger partial charge in [-0.25, -0.2) is 4.39 Å². The lowest BCUT2D eigenvalue weighted by Crippen LogP contribution is -2.43. The molecule has 1 atom stereocenters. The third-order valence-electron chi connectivity index (χ3n) is 3.51. The minimum Gasteiger partial charge on any atom is -0.481 e. The van der Waals surface area contributed by atoms with Crippen LogP contribution in [0.4, 0.5) is 4.39 Å². The third kappa shape index (κ3) is 3.28. The Morgan fingerprint density at radius 3 is 2.85 bits per heavy atom. The van der Waals surface area contributed by atoms with Gasteiger partial charge >= 0.3 is 5.97 Å². The van der Waals surface area contributed by atoms with E-state index in [2.05, 4.69) is 0 Å². The molecule has 0 spiro atoms. The number of carboxylic acids is 1. The number of nitrogens with zero attached hydrogens (tertiary/aromatic N) is 1. The van der Waals surface area contributed by atoms with E-state index in [0.717, 1.165) is 0 Å². The van der Waals surface area contributed by atoms with Crippen LogP contribution in [0.3, 0.4) is 0 Å². The largest absolute Gasteiger partial charge is 0.481 e. The Bertz CT molecular complexity index is 515. The molecule has 1 aromatic carbocycles. The maximum absolute atomic E-state index is 13.6. The molecule has 0 aliphatic carbocycles. The van der Waals surface area contributed by atoms with E-state index in [1.807, 2.05) is 0 Å². The molecule has 0 saturated carbocycles. The minimum atomic E-state index is -0.897. The zero-order valence-corrected chi connectivity index (χ0v) is 11.6. The van der Waals surface area contributed by atoms with Crippen molar-refractivity contribution in [2.24, 2.45) is 5.92 Å². The second-order valence-electron chi connectivity index (χ2n) is 4.89. The number of halogens is 2. The first-order valence-corrected chi connectivity index (χ1v) is 6.80. The monoisotopic (exact) mass is 299 g/mol. The van der Waals surface area contributed by atoms with Gasteiger partial charge in [-0.2, -0.15) is 0 Å². The maximum atomic E-state index is 13.6. The Kier molecular flexibility index (Phi) is 4.60. The highest BCUT2D eigenvalue weighted by atomic mass is 35.5. The fourth-order valence-electron chi connectivity index (χ4n) is 2.37. The molecule has 0 aromatic heterocycles. The molecule has 108 valence electrons. The number of rotatable bonds is 3. The molecule has 1 aliphatic rings. The number of aliphatic carboxylic acids is 1. The third-order valence-corrected chi connectivity index (χ3v) is 3.87. The first kappa shape index (κ1) is 14.8. The Morgan fingerprint density at radius 1 is 1.45 bits per heavy atom. The van der Waals surface area contributed by atoms with Crippen molar-refractivity contribution in [2.75, 3.05) is 13.1 Å². The smallest absolute Gasteiger partial charge is 0.308 e. The standard InChI is InChI=1S/C14H15ClFNO3/c15-11-4-1-5-12(16)10(11)7-13(18)17-6-2-3-9(8-17)14(19)20/h1,4-5,9H,2-3,6-8H2,(H,19,20). The molecule has 1 amide bonds. The van der Waals surface area contributed by atoms with Crippen LogP contribution in [0.25, 0.3) is 0 Å². The fraction of sp³-hybridized carbons (Fsp3) is 0.429. The van der Waals surface area contributed by atoms with Crippen molar-refractivity contribution in [3.63, 3.8) is 0 Å². The van der Waals surface area contributed by atoms with Crippen LogP contribution in [0.2, 0.25) is 5.02 Å². The van der Waals surface area contributed by atoms with Crippen molar-refractivity contribution in [3.8, 4) is 0 Å². The summed E-state index contributed by atoms with van der Waals surface area (Å²) >= 11 is 5.89. The summed E-state index contributed by atoms with van der Waals surface area (Å²) in [6.07, 6.45) is 1.07. The molecular formula is C14H15ClFNO3. The first-order chi connectivity index (χ1) is 9.49. The van der Waals surface area contributed by atoms with Crippen LogP contribution in [-0.4, -0.2) is 35.0 Å². The van der Waals surface area contributed by atoms with E-state index >= 15 is 0 Å². The van der Waals surface area contributed by atoms with Crippen LogP contribution in [0.15, 0.2) is 18.2 Å². The summed E-state index contributed by atoms with van der Waals surface area (Å²) < 4.78 is 13.6. The summed E-state index contributed by atoms with van der Waals surface area (Å²) in [5.74, 6) is -2.24. The molecule has 20 heavy (non-hydrogen) atoms. The topological polar surface area (TPSA) is 57.6 Å². The van der Waals surface area contributed by atoms with Crippen molar-refractivity contribution in [1.29, 1.82) is 0 Å². The number of carboxylic acid groups (broad SMARTS) is 1. The zero-order valence-electron chi connectivity index (χ0n) is 10.8. The molecule has 1 aliphatic heterocycles. The van der Waals surface area contributed by atoms with Crippen molar-refractivity contribution >= 4 is 23.5 Å². The summed E-state index contributed by atoms with van der Waals surface area (Å²) in [5, 5.41) is 9.21. The van der Waals surface area contributed by atoms with Gasteiger partial charge in [0.2, 0.25) is 5.91 Å². The zero-order chi connectivity index (χ0) is 14.7. The second kappa shape index (κ2) is 6.22. The molecule has 1 saturated heterocycles. The van der Waals surface area contributed by atoms with E-state index in [4.69, 9.17) is 16.7 Å². The predicted octanol–water partition coefficient (Wildman–Crippen LogP) is 2.34. The highest BCUT2D eigenvalue weighted by molar-refractivity contribution is 6.31. The molecular weight excluding hydrogens is 285 g/mol. The molecule has 1 N–H and O–H groups in total. The van der Waals surface area contributed by atoms with Crippen LogP contribution >= 0.6 is 11.6 Å². The second-order valence-corrected chi connectivity index (χ2v) is 5.30. The Balaban J connectivity index is 2.06. The van der Waals surface area contributed by atoms with E-state index in [1.54, 1.807) is 0 Å². The molecule has 4 nitrogen and oxygen atoms in total. The van der Waals surface area contributed by atoms with Gasteiger partial charge in [0.25, 0.3) is 0 Å². The van der Waals surface area contributed by atoms with Gasteiger partial charge in [-0.1, -0.05) is 17.7 Å². The summed E-state index contributed by atoms with van der Waals surface area (Å²) in [4.78, 5) is 24.6. The number of likely N-dealkylation sites (tertiary alicyclic amines) is 1. The summed E-state index contributed by atoms with van der Waals surface area (Å²) in [6.45, 7) is 0.689. The van der Waals surface area contributed by atoms with Gasteiger partial charge in [0.1, 0.15) is 5.82 Å². The van der Waals surface area contributed by atoms with Crippen molar-refractivity contribution in [1.82, 2.24) is 4.90 Å². The van der Waals surface area contributed by atoms with Crippen molar-refractivity contribution < 1.29 is 19.1 Å². The van der Waals surface area contributed by atoms with E-state index < -0.39 is 17.7 Å². The van der Waals surface area contributed by atoms with Crippen LogP contribution in [-0.2, 0) is 16.0 Å². The Labute approximate surface area is 121 Å². The molecule has 1 aromatic rings. The summed E-state index contributed by atoms with van der Waals surface area (Å²) in [7, 11) is 0. The van der Waals surface area contributed by atoms with Crippen molar-refractivity contribution in [3.05, 3.63) is 34.6 Å². The maximum Gasteiger partial charge on any atom is 0.308 e. The summed E-state index contributed by atoms with van der Waals surface area (Å²) in [6, 6.07) is 4.27. The van der Waals surface area contributed by atoms with E-state index in [-0.39, 0.29) is 29.5 Å². The van der Waals surface area contributed by atoms with Crippen molar-refractivity contribution in [2.45, 2.75) is 19.3 Å². The number of piperidine rings is 1. The molecule has 1 unspecified atom stereocenters. The van der Waals surface area contributed by atoms with Crippen LogP contribution in [0.5, 0.6) is 0 Å². The number of carbonyl (C=O) groups is 2. The molecule has 0 radical (unpaired) electrons. The normalized spacial score (nSPS) is 18.9. The van der Waals surface area contributed by atoms with Gasteiger partial charge in [-0.15, -0.1) is 0 Å². The molecule has 2 rings (SSSR count). The first-order valence-electron chi connectivity index (χ1n) is 6.42. The van der Waals surface area contributed by atoms with Crippen LogP contribution in [0.1, 0.15) is 18.4 Å². The SMILES string of the molecule is O=C(O)C1CCCN(C(=O)Cc2c(F)cccc2Cl)C1. The van der Waals surface area contributed by atoms with Crippen LogP contribution < -0.4 is 0 Å². The number of benzene rings is 1. The minimum absolute atomic E-state index is 0.141. The van der Waals surface area contributed by atoms with Gasteiger partial charge in [0.15, 0.2) is 0 Å². The Morgan fingerprint density at radius 2 is 2.20 bits per heavy atom. The fourth-order valence-corrected chi connectivity index (χ4v) is 2.60. The van der Waals surface area contributed by atoms with E-state index in [1.165, 1.54) is 23.1 Å². The highest BCUT2D eigenvalue weighted by Crippen LogP contribution is 2.22. The number of carbonyl (C=O) groups excluding carboxylic acids is 1. The van der Waals surface area contributed by atoms with Gasteiger partial charge < -0.3 is 10.0 Å². The predicted molar refractivity (Wildman–Crippen MR) is 72.1 cm³/mol. The molecule has 1 fully saturated rings. The summed E-state index contributed by atoms with van der Waals surface area (Å²) in [5.41, 5.74) is 0.164. The molecule has 0 bridgehead atoms.